The number of hydrogen-bond acceptors (Lipinski definition) is 2. The number of rotatable bonds is 3. The first-order valence-electron chi connectivity index (χ1n) is 9.55. The molecule has 2 fully saturated rings. The van der Waals surface area contributed by atoms with Gasteiger partial charge in [-0.3, -0.25) is 9.89 Å². The van der Waals surface area contributed by atoms with Crippen molar-refractivity contribution in [2.45, 2.75) is 38.6 Å². The van der Waals surface area contributed by atoms with Gasteiger partial charge in [-0.25, -0.2) is 0 Å². The van der Waals surface area contributed by atoms with Crippen LogP contribution in [0.4, 0.5) is 0 Å². The van der Waals surface area contributed by atoms with Crippen molar-refractivity contribution in [3.63, 3.8) is 0 Å². The third-order valence-corrected chi connectivity index (χ3v) is 5.90. The molecule has 25 heavy (non-hydrogen) atoms. The second kappa shape index (κ2) is 8.41. The topological polar surface area (TPSA) is 44.9 Å². The van der Waals surface area contributed by atoms with Crippen LogP contribution in [0.5, 0.6) is 0 Å². The SMILES string of the molecule is CC1CCCN(C(N)=NCC2CCCN(C)C2c2cccc(Cl)c2)C1. The van der Waals surface area contributed by atoms with Gasteiger partial charge in [-0.1, -0.05) is 30.7 Å². The maximum Gasteiger partial charge on any atom is 0.191 e. The number of halogens is 1. The molecule has 2 saturated heterocycles. The normalized spacial score (nSPS) is 29.0. The molecule has 1 aromatic rings. The lowest BCUT2D eigenvalue weighted by Crippen LogP contribution is -2.44. The van der Waals surface area contributed by atoms with Crippen LogP contribution in [0.15, 0.2) is 29.3 Å². The molecule has 1 aromatic carbocycles. The minimum absolute atomic E-state index is 0.365. The Labute approximate surface area is 157 Å². The van der Waals surface area contributed by atoms with Crippen molar-refractivity contribution in [1.29, 1.82) is 0 Å². The van der Waals surface area contributed by atoms with Crippen LogP contribution in [0.1, 0.15) is 44.2 Å². The van der Waals surface area contributed by atoms with Crippen molar-refractivity contribution < 1.29 is 0 Å². The highest BCUT2D eigenvalue weighted by Gasteiger charge is 2.30. The summed E-state index contributed by atoms with van der Waals surface area (Å²) in [7, 11) is 2.21. The van der Waals surface area contributed by atoms with Crippen molar-refractivity contribution in [3.8, 4) is 0 Å². The minimum atomic E-state index is 0.365. The molecule has 0 amide bonds. The molecule has 0 aromatic heterocycles. The number of benzene rings is 1. The maximum atomic E-state index is 6.31. The van der Waals surface area contributed by atoms with E-state index in [-0.39, 0.29) is 0 Å². The van der Waals surface area contributed by atoms with E-state index < -0.39 is 0 Å². The molecule has 0 spiro atoms. The third kappa shape index (κ3) is 4.68. The van der Waals surface area contributed by atoms with Gasteiger partial charge in [0, 0.05) is 30.7 Å². The van der Waals surface area contributed by atoms with Gasteiger partial charge < -0.3 is 10.6 Å². The molecule has 2 aliphatic heterocycles. The fourth-order valence-corrected chi connectivity index (χ4v) is 4.58. The van der Waals surface area contributed by atoms with Crippen LogP contribution < -0.4 is 5.73 Å². The third-order valence-electron chi connectivity index (χ3n) is 5.67. The van der Waals surface area contributed by atoms with E-state index in [0.29, 0.717) is 17.9 Å². The zero-order chi connectivity index (χ0) is 17.8. The quantitative estimate of drug-likeness (QED) is 0.657. The Morgan fingerprint density at radius 1 is 1.28 bits per heavy atom. The lowest BCUT2D eigenvalue weighted by molar-refractivity contribution is 0.125. The maximum absolute atomic E-state index is 6.31. The van der Waals surface area contributed by atoms with Gasteiger partial charge in [0.05, 0.1) is 0 Å². The molecular formula is C20H31ClN4. The first-order chi connectivity index (χ1) is 12.0. The number of nitrogens with zero attached hydrogens (tertiary/aromatic N) is 3. The summed E-state index contributed by atoms with van der Waals surface area (Å²) in [6.07, 6.45) is 4.92. The molecule has 3 rings (SSSR count). The highest BCUT2D eigenvalue weighted by molar-refractivity contribution is 6.30. The van der Waals surface area contributed by atoms with Crippen LogP contribution in [-0.2, 0) is 0 Å². The summed E-state index contributed by atoms with van der Waals surface area (Å²) in [5.41, 5.74) is 7.60. The smallest absolute Gasteiger partial charge is 0.191 e. The Kier molecular flexibility index (Phi) is 6.24. The molecule has 0 radical (unpaired) electrons. The molecule has 0 bridgehead atoms. The van der Waals surface area contributed by atoms with Gasteiger partial charge in [0.25, 0.3) is 0 Å². The van der Waals surface area contributed by atoms with Crippen molar-refractivity contribution in [2.24, 2.45) is 22.6 Å². The Hall–Kier alpha value is -1.26. The molecule has 0 aliphatic carbocycles. The number of nitrogens with two attached hydrogens (primary N) is 1. The van der Waals surface area contributed by atoms with E-state index in [1.165, 1.54) is 31.2 Å². The summed E-state index contributed by atoms with van der Waals surface area (Å²) in [6, 6.07) is 8.63. The molecule has 2 aliphatic rings. The van der Waals surface area contributed by atoms with Crippen LogP contribution in [0.3, 0.4) is 0 Å². The predicted molar refractivity (Wildman–Crippen MR) is 106 cm³/mol. The summed E-state index contributed by atoms with van der Waals surface area (Å²) in [5, 5.41) is 0.806. The van der Waals surface area contributed by atoms with E-state index in [2.05, 4.69) is 35.9 Å². The second-order valence-corrected chi connectivity index (χ2v) is 8.21. The summed E-state index contributed by atoms with van der Waals surface area (Å²) >= 11 is 6.23. The monoisotopic (exact) mass is 362 g/mol. The second-order valence-electron chi connectivity index (χ2n) is 7.78. The fourth-order valence-electron chi connectivity index (χ4n) is 4.38. The molecule has 2 heterocycles. The summed E-state index contributed by atoms with van der Waals surface area (Å²) in [4.78, 5) is 9.50. The average Bonchev–Trinajstić information content (AvgIpc) is 2.59. The molecule has 5 heteroatoms. The van der Waals surface area contributed by atoms with E-state index in [4.69, 9.17) is 22.3 Å². The van der Waals surface area contributed by atoms with E-state index >= 15 is 0 Å². The number of aliphatic imine (C=N–C) groups is 1. The van der Waals surface area contributed by atoms with Crippen molar-refractivity contribution in [1.82, 2.24) is 9.80 Å². The number of guanidine groups is 1. The van der Waals surface area contributed by atoms with Gasteiger partial charge in [-0.2, -0.15) is 0 Å². The number of hydrogen-bond donors (Lipinski definition) is 1. The molecule has 4 nitrogen and oxygen atoms in total. The van der Waals surface area contributed by atoms with Crippen LogP contribution in [0.2, 0.25) is 5.02 Å². The first-order valence-corrected chi connectivity index (χ1v) is 9.93. The zero-order valence-corrected chi connectivity index (χ0v) is 16.3. The average molecular weight is 363 g/mol. The Balaban J connectivity index is 1.71. The Morgan fingerprint density at radius 2 is 2.08 bits per heavy atom. The Morgan fingerprint density at radius 3 is 2.84 bits per heavy atom. The molecule has 2 N–H and O–H groups in total. The summed E-state index contributed by atoms with van der Waals surface area (Å²) in [6.45, 7) is 6.29. The Bertz CT molecular complexity index is 603. The molecule has 138 valence electrons. The van der Waals surface area contributed by atoms with Gasteiger partial charge in [-0.05, 0) is 68.8 Å². The van der Waals surface area contributed by atoms with Crippen molar-refractivity contribution >= 4 is 17.6 Å². The van der Waals surface area contributed by atoms with Crippen molar-refractivity contribution in [2.75, 3.05) is 33.2 Å². The predicted octanol–water partition coefficient (Wildman–Crippen LogP) is 3.77. The fraction of sp³-hybridized carbons (Fsp3) is 0.650. The molecule has 3 unspecified atom stereocenters. The number of likely N-dealkylation sites (tertiary alicyclic amines) is 2. The largest absolute Gasteiger partial charge is 0.370 e. The lowest BCUT2D eigenvalue weighted by Gasteiger charge is -2.39. The van der Waals surface area contributed by atoms with Crippen LogP contribution in [0.25, 0.3) is 0 Å². The standard InChI is InChI=1S/C20H31ClN4/c1-15-6-4-11-25(14-15)20(22)23-13-17-8-5-10-24(2)19(17)16-7-3-9-18(21)12-16/h3,7,9,12,15,17,19H,4-6,8,10-11,13-14H2,1-2H3,(H2,22,23). The zero-order valence-electron chi connectivity index (χ0n) is 15.5. The highest BCUT2D eigenvalue weighted by atomic mass is 35.5. The van der Waals surface area contributed by atoms with Crippen LogP contribution in [0, 0.1) is 11.8 Å². The lowest BCUT2D eigenvalue weighted by atomic mass is 9.85. The van der Waals surface area contributed by atoms with Crippen LogP contribution >= 0.6 is 11.6 Å². The highest BCUT2D eigenvalue weighted by Crippen LogP contribution is 2.36. The van der Waals surface area contributed by atoms with Crippen LogP contribution in [-0.4, -0.2) is 49.0 Å². The van der Waals surface area contributed by atoms with Gasteiger partial charge in [0.2, 0.25) is 0 Å². The summed E-state index contributed by atoms with van der Waals surface area (Å²) in [5.74, 6) is 1.92. The summed E-state index contributed by atoms with van der Waals surface area (Å²) < 4.78 is 0. The molecule has 0 saturated carbocycles. The number of piperidine rings is 2. The first kappa shape index (κ1) is 18.5. The van der Waals surface area contributed by atoms with E-state index in [9.17, 15) is 0 Å². The van der Waals surface area contributed by atoms with E-state index in [0.717, 1.165) is 37.2 Å². The van der Waals surface area contributed by atoms with Crippen molar-refractivity contribution in [3.05, 3.63) is 34.9 Å². The minimum Gasteiger partial charge on any atom is -0.370 e. The molecule has 3 atom stereocenters. The van der Waals surface area contributed by atoms with E-state index in [1.807, 2.05) is 12.1 Å². The van der Waals surface area contributed by atoms with E-state index in [1.54, 1.807) is 0 Å². The molecular weight excluding hydrogens is 332 g/mol. The van der Waals surface area contributed by atoms with Gasteiger partial charge in [0.15, 0.2) is 5.96 Å². The van der Waals surface area contributed by atoms with Gasteiger partial charge >= 0.3 is 0 Å². The van der Waals surface area contributed by atoms with Gasteiger partial charge in [-0.15, -0.1) is 0 Å². The van der Waals surface area contributed by atoms with Gasteiger partial charge in [0.1, 0.15) is 0 Å².